The molecule has 1 atom stereocenters. The predicted molar refractivity (Wildman–Crippen MR) is 116 cm³/mol. The maximum absolute atomic E-state index is 12.1. The van der Waals surface area contributed by atoms with Crippen LogP contribution in [-0.4, -0.2) is 37.1 Å². The number of rotatable bonds is 8. The van der Waals surface area contributed by atoms with Crippen molar-refractivity contribution in [2.45, 2.75) is 71.5 Å². The highest BCUT2D eigenvalue weighted by Gasteiger charge is 2.27. The number of ether oxygens (including phenoxy) is 2. The molecule has 1 rings (SSSR count). The Morgan fingerprint density at radius 1 is 1.14 bits per heavy atom. The summed E-state index contributed by atoms with van der Waals surface area (Å²) in [7, 11) is -1.95. The van der Waals surface area contributed by atoms with Crippen molar-refractivity contribution in [3.63, 3.8) is 0 Å². The van der Waals surface area contributed by atoms with Crippen LogP contribution in [0.2, 0.25) is 19.6 Å². The number of esters is 1. The van der Waals surface area contributed by atoms with Gasteiger partial charge < -0.3 is 19.2 Å². The second-order valence-corrected chi connectivity index (χ2v) is 13.2. The fourth-order valence-electron chi connectivity index (χ4n) is 2.14. The molecule has 6 nitrogen and oxygen atoms in total. The Bertz CT molecular complexity index is 667. The van der Waals surface area contributed by atoms with Gasteiger partial charge in [0.15, 0.2) is 5.05 Å². The van der Waals surface area contributed by atoms with Crippen molar-refractivity contribution in [1.82, 2.24) is 5.32 Å². The van der Waals surface area contributed by atoms with Gasteiger partial charge in [-0.1, -0.05) is 30.3 Å². The van der Waals surface area contributed by atoms with Gasteiger partial charge in [-0.2, -0.15) is 0 Å². The molecular weight excluding hydrogens is 394 g/mol. The molecule has 1 aromatic carbocycles. The van der Waals surface area contributed by atoms with Crippen LogP contribution in [0.1, 0.15) is 39.2 Å². The second kappa shape index (κ2) is 10.6. The zero-order valence-corrected chi connectivity index (χ0v) is 19.4. The minimum absolute atomic E-state index is 0.0997. The zero-order valence-electron chi connectivity index (χ0n) is 17.5. The van der Waals surface area contributed by atoms with Crippen LogP contribution in [0.5, 0.6) is 0 Å². The van der Waals surface area contributed by atoms with E-state index in [2.05, 4.69) is 5.32 Å². The van der Waals surface area contributed by atoms with Crippen LogP contribution in [0, 0.1) is 0 Å². The molecule has 1 unspecified atom stereocenters. The smallest absolute Gasteiger partial charge is 0.408 e. The van der Waals surface area contributed by atoms with Gasteiger partial charge in [0, 0.05) is 6.42 Å². The molecule has 0 radical (unpaired) electrons. The van der Waals surface area contributed by atoms with E-state index in [9.17, 15) is 9.59 Å². The van der Waals surface area contributed by atoms with Gasteiger partial charge in [0.2, 0.25) is 8.32 Å². The Labute approximate surface area is 174 Å². The van der Waals surface area contributed by atoms with Crippen LogP contribution >= 0.6 is 12.2 Å². The number of carbonyl (C=O) groups excluding carboxylic acids is 2. The fourth-order valence-corrected chi connectivity index (χ4v) is 3.82. The van der Waals surface area contributed by atoms with E-state index in [1.165, 1.54) is 0 Å². The van der Waals surface area contributed by atoms with Gasteiger partial charge in [-0.3, -0.25) is 4.79 Å². The van der Waals surface area contributed by atoms with Crippen LogP contribution in [0.4, 0.5) is 4.79 Å². The van der Waals surface area contributed by atoms with Crippen molar-refractivity contribution in [3.05, 3.63) is 35.9 Å². The summed E-state index contributed by atoms with van der Waals surface area (Å²) < 4.78 is 16.4. The van der Waals surface area contributed by atoms with Crippen LogP contribution in [0.15, 0.2) is 30.3 Å². The lowest BCUT2D eigenvalue weighted by atomic mass is 10.1. The molecule has 0 aliphatic rings. The van der Waals surface area contributed by atoms with Crippen molar-refractivity contribution in [1.29, 1.82) is 0 Å². The quantitative estimate of drug-likeness (QED) is 0.373. The minimum atomic E-state index is -1.95. The monoisotopic (exact) mass is 425 g/mol. The second-order valence-electron chi connectivity index (χ2n) is 8.42. The third kappa shape index (κ3) is 11.0. The van der Waals surface area contributed by atoms with E-state index in [0.717, 1.165) is 5.56 Å². The first-order valence-corrected chi connectivity index (χ1v) is 13.1. The van der Waals surface area contributed by atoms with Crippen molar-refractivity contribution >= 4 is 37.6 Å². The number of carbonyl (C=O) groups is 2. The van der Waals surface area contributed by atoms with E-state index in [4.69, 9.17) is 26.1 Å². The molecule has 1 amide bonds. The molecule has 0 bridgehead atoms. The summed E-state index contributed by atoms with van der Waals surface area (Å²) in [5, 5.41) is 2.98. The molecule has 1 aromatic rings. The molecule has 156 valence electrons. The van der Waals surface area contributed by atoms with Gasteiger partial charge in [0.05, 0.1) is 6.04 Å². The van der Waals surface area contributed by atoms with E-state index in [1.54, 1.807) is 20.8 Å². The van der Waals surface area contributed by atoms with Crippen molar-refractivity contribution in [3.8, 4) is 0 Å². The average molecular weight is 426 g/mol. The van der Waals surface area contributed by atoms with Gasteiger partial charge in [-0.15, -0.1) is 0 Å². The Hall–Kier alpha value is -1.93. The summed E-state index contributed by atoms with van der Waals surface area (Å²) in [6.07, 6.45) is -0.227. The van der Waals surface area contributed by atoms with E-state index in [1.807, 2.05) is 50.0 Å². The molecule has 0 saturated heterocycles. The first-order chi connectivity index (χ1) is 12.9. The highest BCUT2D eigenvalue weighted by Crippen LogP contribution is 2.13. The number of thiocarbonyl (C=S) groups is 1. The van der Waals surface area contributed by atoms with Crippen LogP contribution < -0.4 is 5.32 Å². The summed E-state index contributed by atoms with van der Waals surface area (Å²) in [4.78, 5) is 24.2. The maximum Gasteiger partial charge on any atom is 0.408 e. The van der Waals surface area contributed by atoms with Crippen molar-refractivity contribution < 1.29 is 23.5 Å². The third-order valence-electron chi connectivity index (χ3n) is 3.26. The molecule has 8 heteroatoms. The maximum atomic E-state index is 12.1. The molecule has 0 fully saturated rings. The molecule has 0 aliphatic heterocycles. The number of hydrogen-bond acceptors (Lipinski definition) is 6. The average Bonchev–Trinajstić information content (AvgIpc) is 2.54. The number of nitrogens with one attached hydrogen (secondary N) is 1. The lowest BCUT2D eigenvalue weighted by Crippen LogP contribution is -2.46. The first-order valence-electron chi connectivity index (χ1n) is 9.28. The summed E-state index contributed by atoms with van der Waals surface area (Å²) in [5.41, 5.74) is 0.279. The van der Waals surface area contributed by atoms with Crippen LogP contribution in [0.25, 0.3) is 0 Å². The fraction of sp³-hybridized carbons (Fsp3) is 0.550. The number of benzene rings is 1. The van der Waals surface area contributed by atoms with Crippen molar-refractivity contribution in [2.75, 3.05) is 0 Å². The van der Waals surface area contributed by atoms with E-state index >= 15 is 0 Å². The van der Waals surface area contributed by atoms with E-state index in [0.29, 0.717) is 0 Å². The molecule has 1 N–H and O–H groups in total. The molecule has 0 aliphatic carbocycles. The Balaban J connectivity index is 2.63. The Morgan fingerprint density at radius 3 is 2.29 bits per heavy atom. The molecule has 0 heterocycles. The summed E-state index contributed by atoms with van der Waals surface area (Å²) in [6.45, 7) is 11.5. The van der Waals surface area contributed by atoms with E-state index in [-0.39, 0.29) is 30.5 Å². The molecule has 0 aromatic heterocycles. The Kier molecular flexibility index (Phi) is 9.10. The lowest BCUT2D eigenvalue weighted by Gasteiger charge is -2.27. The van der Waals surface area contributed by atoms with Gasteiger partial charge in [-0.25, -0.2) is 4.79 Å². The molecule has 28 heavy (non-hydrogen) atoms. The van der Waals surface area contributed by atoms with Crippen molar-refractivity contribution in [2.24, 2.45) is 0 Å². The van der Waals surface area contributed by atoms with Gasteiger partial charge >= 0.3 is 12.1 Å². The third-order valence-corrected chi connectivity index (χ3v) is 4.61. The lowest BCUT2D eigenvalue weighted by molar-refractivity contribution is -0.145. The van der Waals surface area contributed by atoms with Gasteiger partial charge in [-0.05, 0) is 64.6 Å². The standard InChI is InChI=1S/C20H31NO5SSi/c1-20(2,3)25-19(23)21-16(18(27)26-28(4,5)6)12-13-17(22)24-14-15-10-8-7-9-11-15/h7-11,16H,12-14H2,1-6H3,(H,21,23). The SMILES string of the molecule is CC(C)(C)OC(=O)NC(CCC(=O)OCc1ccccc1)C(=S)O[Si](C)(C)C. The van der Waals surface area contributed by atoms with Crippen LogP contribution in [0.3, 0.4) is 0 Å². The summed E-state index contributed by atoms with van der Waals surface area (Å²) in [5.74, 6) is -0.365. The first kappa shape index (κ1) is 24.1. The van der Waals surface area contributed by atoms with Gasteiger partial charge in [0.1, 0.15) is 12.2 Å². The van der Waals surface area contributed by atoms with Gasteiger partial charge in [0.25, 0.3) is 0 Å². The topological polar surface area (TPSA) is 73.9 Å². The number of alkyl carbamates (subject to hydrolysis) is 1. The highest BCUT2D eigenvalue weighted by atomic mass is 32.1. The normalized spacial score (nSPS) is 12.6. The summed E-state index contributed by atoms with van der Waals surface area (Å²) in [6, 6.07) is 8.83. The molecule has 0 spiro atoms. The summed E-state index contributed by atoms with van der Waals surface area (Å²) >= 11 is 5.37. The van der Waals surface area contributed by atoms with Crippen LogP contribution in [-0.2, 0) is 25.3 Å². The Morgan fingerprint density at radius 2 is 1.75 bits per heavy atom. The molecule has 0 saturated carbocycles. The minimum Gasteiger partial charge on any atom is -0.538 e. The van der Waals surface area contributed by atoms with E-state index < -0.39 is 26.1 Å². The highest BCUT2D eigenvalue weighted by molar-refractivity contribution is 7.80. The molecular formula is C20H31NO5SSi. The predicted octanol–water partition coefficient (Wildman–Crippen LogP) is 4.58. The number of amides is 1. The number of hydrogen-bond donors (Lipinski definition) is 1. The largest absolute Gasteiger partial charge is 0.538 e. The zero-order chi connectivity index (χ0) is 21.4.